The number of thiophene rings is 1. The lowest BCUT2D eigenvalue weighted by Gasteiger charge is -2.04. The lowest BCUT2D eigenvalue weighted by molar-refractivity contribution is 0.0476. The number of rotatable bonds is 3. The highest BCUT2D eigenvalue weighted by Crippen LogP contribution is 2.16. The molecule has 0 aliphatic carbocycles. The summed E-state index contributed by atoms with van der Waals surface area (Å²) in [6.45, 7) is 0.232. The smallest absolute Gasteiger partial charge is 0.338 e. The molecule has 5 heteroatoms. The molecule has 0 N–H and O–H groups in total. The normalized spacial score (nSPS) is 10.2. The Morgan fingerprint density at radius 3 is 2.88 bits per heavy atom. The molecule has 2 rings (SSSR count). The highest BCUT2D eigenvalue weighted by Gasteiger charge is 2.09. The minimum Gasteiger partial charge on any atom is -0.456 e. The van der Waals surface area contributed by atoms with E-state index in [0.717, 1.165) is 4.88 Å². The molecule has 0 saturated carbocycles. The molecule has 0 saturated heterocycles. The first kappa shape index (κ1) is 12.1. The van der Waals surface area contributed by atoms with E-state index in [9.17, 15) is 9.18 Å². The Morgan fingerprint density at radius 2 is 2.24 bits per heavy atom. The average molecular weight is 268 g/mol. The van der Waals surface area contributed by atoms with Crippen molar-refractivity contribution in [3.63, 3.8) is 0 Å². The van der Waals surface area contributed by atoms with Crippen LogP contribution in [-0.4, -0.2) is 5.97 Å². The first-order valence-corrected chi connectivity index (χ1v) is 6.17. The standard InChI is InChI=1S/C12H9FO2S2/c13-10-4-3-8(6-11(10)16)12(14)15-7-9-2-1-5-17-9/h1-6,16H,7H2. The summed E-state index contributed by atoms with van der Waals surface area (Å²) in [5.41, 5.74) is 0.299. The number of halogens is 1. The molecule has 1 heterocycles. The van der Waals surface area contributed by atoms with Crippen molar-refractivity contribution in [2.45, 2.75) is 11.5 Å². The van der Waals surface area contributed by atoms with Crippen LogP contribution in [-0.2, 0) is 11.3 Å². The van der Waals surface area contributed by atoms with Crippen LogP contribution in [0.4, 0.5) is 4.39 Å². The van der Waals surface area contributed by atoms with Gasteiger partial charge in [0.2, 0.25) is 0 Å². The van der Waals surface area contributed by atoms with Crippen molar-refractivity contribution in [3.8, 4) is 0 Å². The van der Waals surface area contributed by atoms with Gasteiger partial charge in [-0.3, -0.25) is 0 Å². The largest absolute Gasteiger partial charge is 0.456 e. The third-order valence-corrected chi connectivity index (χ3v) is 3.30. The van der Waals surface area contributed by atoms with Gasteiger partial charge in [0, 0.05) is 9.77 Å². The minimum absolute atomic E-state index is 0.135. The number of hydrogen-bond acceptors (Lipinski definition) is 4. The second-order valence-electron chi connectivity index (χ2n) is 3.32. The van der Waals surface area contributed by atoms with Gasteiger partial charge in [0.05, 0.1) is 5.56 Å². The van der Waals surface area contributed by atoms with Gasteiger partial charge in [-0.1, -0.05) is 6.07 Å². The quantitative estimate of drug-likeness (QED) is 0.681. The Hall–Kier alpha value is -1.33. The Balaban J connectivity index is 2.02. The summed E-state index contributed by atoms with van der Waals surface area (Å²) < 4.78 is 18.0. The fraction of sp³-hybridized carbons (Fsp3) is 0.0833. The van der Waals surface area contributed by atoms with Gasteiger partial charge in [0.15, 0.2) is 0 Å². The molecule has 0 radical (unpaired) electrons. The zero-order chi connectivity index (χ0) is 12.3. The Labute approximate surface area is 107 Å². The van der Waals surface area contributed by atoms with Crippen molar-refractivity contribution in [1.82, 2.24) is 0 Å². The number of carbonyl (C=O) groups excluding carboxylic acids is 1. The summed E-state index contributed by atoms with van der Waals surface area (Å²) in [4.78, 5) is 12.7. The summed E-state index contributed by atoms with van der Waals surface area (Å²) in [6, 6.07) is 7.70. The monoisotopic (exact) mass is 268 g/mol. The fourth-order valence-corrected chi connectivity index (χ4v) is 2.08. The molecule has 0 unspecified atom stereocenters. The molecule has 0 bridgehead atoms. The molecule has 0 amide bonds. The van der Waals surface area contributed by atoms with Crippen LogP contribution in [0, 0.1) is 5.82 Å². The van der Waals surface area contributed by atoms with E-state index < -0.39 is 11.8 Å². The van der Waals surface area contributed by atoms with Crippen LogP contribution in [0.1, 0.15) is 15.2 Å². The van der Waals surface area contributed by atoms with E-state index in [1.165, 1.54) is 29.5 Å². The predicted molar refractivity (Wildman–Crippen MR) is 67.1 cm³/mol. The minimum atomic E-state index is -0.478. The van der Waals surface area contributed by atoms with Gasteiger partial charge < -0.3 is 4.74 Å². The van der Waals surface area contributed by atoms with Gasteiger partial charge in [-0.2, -0.15) is 0 Å². The average Bonchev–Trinajstić information content (AvgIpc) is 2.82. The first-order valence-electron chi connectivity index (χ1n) is 4.85. The van der Waals surface area contributed by atoms with Crippen molar-refractivity contribution in [2.24, 2.45) is 0 Å². The van der Waals surface area contributed by atoms with Gasteiger partial charge in [-0.25, -0.2) is 9.18 Å². The summed E-state index contributed by atoms with van der Waals surface area (Å²) in [5, 5.41) is 1.91. The highest BCUT2D eigenvalue weighted by atomic mass is 32.1. The molecule has 0 aliphatic rings. The molecular weight excluding hydrogens is 259 g/mol. The highest BCUT2D eigenvalue weighted by molar-refractivity contribution is 7.80. The number of carbonyl (C=O) groups is 1. The second-order valence-corrected chi connectivity index (χ2v) is 4.84. The van der Waals surface area contributed by atoms with Crippen molar-refractivity contribution < 1.29 is 13.9 Å². The molecule has 1 aromatic carbocycles. The summed E-state index contributed by atoms with van der Waals surface area (Å²) in [6.07, 6.45) is 0. The number of thiol groups is 1. The van der Waals surface area contributed by atoms with Crippen LogP contribution in [0.15, 0.2) is 40.6 Å². The van der Waals surface area contributed by atoms with Crippen LogP contribution in [0.25, 0.3) is 0 Å². The van der Waals surface area contributed by atoms with E-state index in [1.807, 2.05) is 17.5 Å². The van der Waals surface area contributed by atoms with E-state index in [-0.39, 0.29) is 11.5 Å². The first-order chi connectivity index (χ1) is 8.16. The topological polar surface area (TPSA) is 26.3 Å². The van der Waals surface area contributed by atoms with E-state index >= 15 is 0 Å². The third kappa shape index (κ3) is 3.08. The predicted octanol–water partition coefficient (Wildman–Crippen LogP) is 3.53. The van der Waals surface area contributed by atoms with Crippen LogP contribution >= 0.6 is 24.0 Å². The molecule has 17 heavy (non-hydrogen) atoms. The maximum absolute atomic E-state index is 12.9. The maximum atomic E-state index is 12.9. The molecule has 0 fully saturated rings. The Morgan fingerprint density at radius 1 is 1.41 bits per heavy atom. The fourth-order valence-electron chi connectivity index (χ4n) is 1.25. The Kier molecular flexibility index (Phi) is 3.81. The molecule has 0 spiro atoms. The van der Waals surface area contributed by atoms with E-state index in [4.69, 9.17) is 4.74 Å². The second kappa shape index (κ2) is 5.33. The lowest BCUT2D eigenvalue weighted by atomic mass is 10.2. The Bertz CT molecular complexity index is 523. The number of esters is 1. The van der Waals surface area contributed by atoms with Crippen molar-refractivity contribution in [2.75, 3.05) is 0 Å². The molecule has 0 atom stereocenters. The molecule has 0 aliphatic heterocycles. The molecule has 2 aromatic rings. The van der Waals surface area contributed by atoms with E-state index in [0.29, 0.717) is 5.56 Å². The van der Waals surface area contributed by atoms with Crippen LogP contribution < -0.4 is 0 Å². The van der Waals surface area contributed by atoms with Crippen LogP contribution in [0.2, 0.25) is 0 Å². The van der Waals surface area contributed by atoms with Gasteiger partial charge in [-0.05, 0) is 29.6 Å². The van der Waals surface area contributed by atoms with Crippen molar-refractivity contribution in [1.29, 1.82) is 0 Å². The van der Waals surface area contributed by atoms with E-state index in [1.54, 1.807) is 0 Å². The summed E-state index contributed by atoms with van der Waals surface area (Å²) >= 11 is 5.42. The van der Waals surface area contributed by atoms with Gasteiger partial charge in [0.25, 0.3) is 0 Å². The third-order valence-electron chi connectivity index (χ3n) is 2.11. The molecule has 1 aromatic heterocycles. The van der Waals surface area contributed by atoms with Gasteiger partial charge in [0.1, 0.15) is 12.4 Å². The maximum Gasteiger partial charge on any atom is 0.338 e. The van der Waals surface area contributed by atoms with Crippen molar-refractivity contribution >= 4 is 29.9 Å². The van der Waals surface area contributed by atoms with Crippen LogP contribution in [0.3, 0.4) is 0 Å². The molecule has 2 nitrogen and oxygen atoms in total. The zero-order valence-corrected chi connectivity index (χ0v) is 10.4. The lowest BCUT2D eigenvalue weighted by Crippen LogP contribution is -2.04. The molecular formula is C12H9FO2S2. The van der Waals surface area contributed by atoms with Gasteiger partial charge in [-0.15, -0.1) is 24.0 Å². The van der Waals surface area contributed by atoms with Crippen molar-refractivity contribution in [3.05, 3.63) is 52.0 Å². The number of benzene rings is 1. The zero-order valence-electron chi connectivity index (χ0n) is 8.72. The number of ether oxygens (including phenoxy) is 1. The number of hydrogen-bond donors (Lipinski definition) is 1. The van der Waals surface area contributed by atoms with Gasteiger partial charge >= 0.3 is 5.97 Å². The van der Waals surface area contributed by atoms with Crippen LogP contribution in [0.5, 0.6) is 0 Å². The molecule has 88 valence electrons. The SMILES string of the molecule is O=C(OCc1cccs1)c1ccc(F)c(S)c1. The summed E-state index contributed by atoms with van der Waals surface area (Å²) in [7, 11) is 0. The van der Waals surface area contributed by atoms with E-state index in [2.05, 4.69) is 12.6 Å². The summed E-state index contributed by atoms with van der Waals surface area (Å²) in [5.74, 6) is -0.933.